The maximum atomic E-state index is 10.7. The van der Waals surface area contributed by atoms with Gasteiger partial charge in [0, 0.05) is 41.1 Å². The molecule has 9 heteroatoms. The lowest BCUT2D eigenvalue weighted by molar-refractivity contribution is 0.0953. The average Bonchev–Trinajstić information content (AvgIpc) is 2.94. The Bertz CT molecular complexity index is 1250. The van der Waals surface area contributed by atoms with Crippen molar-refractivity contribution in [2.45, 2.75) is 13.8 Å². The molecule has 1 amide bonds. The first kappa shape index (κ1) is 27.3. The van der Waals surface area contributed by atoms with Crippen molar-refractivity contribution < 1.29 is 9.53 Å². The van der Waals surface area contributed by atoms with E-state index in [1.54, 1.807) is 18.3 Å². The van der Waals surface area contributed by atoms with E-state index in [1.807, 2.05) is 72.2 Å². The van der Waals surface area contributed by atoms with Gasteiger partial charge in [0.1, 0.15) is 5.75 Å². The fraction of sp³-hybridized carbons (Fsp3) is 0.143. The Morgan fingerprint density at radius 1 is 0.892 bits per heavy atom. The number of benzene rings is 2. The van der Waals surface area contributed by atoms with E-state index in [1.165, 1.54) is 12.4 Å². The van der Waals surface area contributed by atoms with Gasteiger partial charge in [-0.1, -0.05) is 32.0 Å². The minimum atomic E-state index is -0.303. The predicted molar refractivity (Wildman–Crippen MR) is 152 cm³/mol. The van der Waals surface area contributed by atoms with Gasteiger partial charge in [0.25, 0.3) is 5.91 Å². The number of carbonyl (C=O) groups is 1. The van der Waals surface area contributed by atoms with Crippen molar-refractivity contribution in [2.75, 3.05) is 17.2 Å². The topological polar surface area (TPSA) is 114 Å². The van der Waals surface area contributed by atoms with Gasteiger partial charge < -0.3 is 15.4 Å². The highest BCUT2D eigenvalue weighted by molar-refractivity contribution is 7.80. The quantitative estimate of drug-likeness (QED) is 0.114. The molecule has 0 radical (unpaired) electrons. The number of ether oxygens (including phenoxy) is 1. The first-order valence-corrected chi connectivity index (χ1v) is 12.1. The third-order valence-electron chi connectivity index (χ3n) is 4.87. The SMILES string of the molecule is CC(C)COc1ccc(NC(=S)Nc2ccc(-c3ccccn3)cc2)cc1.NNC(=O)c1ccncc1. The van der Waals surface area contributed by atoms with Crippen LogP contribution >= 0.6 is 12.2 Å². The molecular weight excluding hydrogens is 484 g/mol. The van der Waals surface area contributed by atoms with E-state index < -0.39 is 0 Å². The van der Waals surface area contributed by atoms with Crippen LogP contribution in [0.15, 0.2) is 97.5 Å². The lowest BCUT2D eigenvalue weighted by atomic mass is 10.1. The number of pyridine rings is 2. The molecule has 2 aromatic carbocycles. The summed E-state index contributed by atoms with van der Waals surface area (Å²) in [5.41, 5.74) is 6.37. The molecule has 190 valence electrons. The largest absolute Gasteiger partial charge is 0.493 e. The van der Waals surface area contributed by atoms with Crippen LogP contribution in [0.1, 0.15) is 24.2 Å². The molecule has 0 unspecified atom stereocenters. The van der Waals surface area contributed by atoms with Gasteiger partial charge in [-0.05, 0) is 78.8 Å². The van der Waals surface area contributed by atoms with E-state index in [0.717, 1.165) is 28.4 Å². The van der Waals surface area contributed by atoms with E-state index >= 15 is 0 Å². The lowest BCUT2D eigenvalue weighted by Crippen LogP contribution is -2.29. The Kier molecular flexibility index (Phi) is 10.5. The lowest BCUT2D eigenvalue weighted by Gasteiger charge is -2.12. The summed E-state index contributed by atoms with van der Waals surface area (Å²) in [4.78, 5) is 18.8. The standard InChI is InChI=1S/C22H23N3OS.C6H7N3O/c1-16(2)15-26-20-12-10-19(11-13-20)25-22(27)24-18-8-6-17(7-9-18)21-5-3-4-14-23-21;7-9-6(10)5-1-3-8-4-2-5/h3-14,16H,15H2,1-2H3,(H2,24,25,27);1-4H,7H2,(H,9,10). The Morgan fingerprint density at radius 2 is 1.51 bits per heavy atom. The Labute approximate surface area is 222 Å². The minimum Gasteiger partial charge on any atom is -0.493 e. The highest BCUT2D eigenvalue weighted by atomic mass is 32.1. The number of hydrogen-bond donors (Lipinski definition) is 4. The first-order valence-electron chi connectivity index (χ1n) is 11.7. The smallest absolute Gasteiger partial charge is 0.265 e. The van der Waals surface area contributed by atoms with Crippen LogP contribution in [0.4, 0.5) is 11.4 Å². The highest BCUT2D eigenvalue weighted by Gasteiger charge is 2.03. The molecule has 0 atom stereocenters. The third-order valence-corrected chi connectivity index (χ3v) is 5.08. The van der Waals surface area contributed by atoms with E-state index in [-0.39, 0.29) is 5.91 Å². The van der Waals surface area contributed by atoms with Crippen molar-refractivity contribution in [1.82, 2.24) is 15.4 Å². The summed E-state index contributed by atoms with van der Waals surface area (Å²) in [5, 5.41) is 6.91. The maximum Gasteiger partial charge on any atom is 0.265 e. The number of anilines is 2. The molecule has 8 nitrogen and oxygen atoms in total. The molecule has 4 rings (SSSR count). The van der Waals surface area contributed by atoms with Crippen molar-refractivity contribution in [1.29, 1.82) is 0 Å². The number of amides is 1. The van der Waals surface area contributed by atoms with Gasteiger partial charge in [-0.3, -0.25) is 20.2 Å². The number of hydrazine groups is 1. The summed E-state index contributed by atoms with van der Waals surface area (Å²) in [6.45, 7) is 4.97. The molecule has 5 N–H and O–H groups in total. The van der Waals surface area contributed by atoms with Crippen LogP contribution in [-0.2, 0) is 0 Å². The first-order chi connectivity index (χ1) is 17.9. The zero-order valence-electron chi connectivity index (χ0n) is 20.7. The normalized spacial score (nSPS) is 10.1. The van der Waals surface area contributed by atoms with Crippen LogP contribution < -0.4 is 26.6 Å². The number of aromatic nitrogens is 2. The molecule has 4 aromatic rings. The Balaban J connectivity index is 0.000000319. The van der Waals surface area contributed by atoms with Crippen molar-refractivity contribution in [3.63, 3.8) is 0 Å². The fourth-order valence-electron chi connectivity index (χ4n) is 3.04. The van der Waals surface area contributed by atoms with Crippen molar-refractivity contribution in [3.05, 3.63) is 103 Å². The number of carbonyl (C=O) groups excluding carboxylic acids is 1. The number of thiocarbonyl (C=S) groups is 1. The zero-order valence-corrected chi connectivity index (χ0v) is 21.5. The summed E-state index contributed by atoms with van der Waals surface area (Å²) in [5.74, 6) is 5.94. The van der Waals surface area contributed by atoms with Crippen LogP contribution in [0.3, 0.4) is 0 Å². The van der Waals surface area contributed by atoms with Crippen LogP contribution in [0.5, 0.6) is 5.75 Å². The minimum absolute atomic E-state index is 0.303. The van der Waals surface area contributed by atoms with Crippen LogP contribution in [0, 0.1) is 5.92 Å². The van der Waals surface area contributed by atoms with Gasteiger partial charge in [-0.2, -0.15) is 0 Å². The molecule has 0 spiro atoms. The summed E-state index contributed by atoms with van der Waals surface area (Å²) < 4.78 is 5.69. The van der Waals surface area contributed by atoms with E-state index in [4.69, 9.17) is 22.8 Å². The van der Waals surface area contributed by atoms with Crippen LogP contribution in [-0.4, -0.2) is 27.6 Å². The van der Waals surface area contributed by atoms with Gasteiger partial charge in [0.15, 0.2) is 5.11 Å². The highest BCUT2D eigenvalue weighted by Crippen LogP contribution is 2.20. The van der Waals surface area contributed by atoms with Gasteiger partial charge in [-0.15, -0.1) is 0 Å². The fourth-order valence-corrected chi connectivity index (χ4v) is 3.27. The number of nitrogens with one attached hydrogen (secondary N) is 3. The van der Waals surface area contributed by atoms with Crippen LogP contribution in [0.2, 0.25) is 0 Å². The van der Waals surface area contributed by atoms with Crippen LogP contribution in [0.25, 0.3) is 11.3 Å². The molecule has 0 aliphatic rings. The molecule has 0 aliphatic carbocycles. The van der Waals surface area contributed by atoms with E-state index in [9.17, 15) is 4.79 Å². The van der Waals surface area contributed by atoms with E-state index in [2.05, 4.69) is 34.4 Å². The molecule has 0 bridgehead atoms. The van der Waals surface area contributed by atoms with Gasteiger partial charge in [0.2, 0.25) is 0 Å². The molecule has 0 fully saturated rings. The van der Waals surface area contributed by atoms with Crippen molar-refractivity contribution >= 4 is 34.6 Å². The molecule has 0 saturated heterocycles. The van der Waals surface area contributed by atoms with Gasteiger partial charge >= 0.3 is 0 Å². The maximum absolute atomic E-state index is 10.7. The monoisotopic (exact) mass is 514 g/mol. The number of hydrogen-bond acceptors (Lipinski definition) is 6. The Morgan fingerprint density at radius 3 is 2.05 bits per heavy atom. The number of nitrogens with zero attached hydrogens (tertiary/aromatic N) is 2. The summed E-state index contributed by atoms with van der Waals surface area (Å²) in [7, 11) is 0. The van der Waals surface area contributed by atoms with E-state index in [0.29, 0.717) is 23.2 Å². The van der Waals surface area contributed by atoms with Gasteiger partial charge in [0.05, 0.1) is 12.3 Å². The predicted octanol–water partition coefficient (Wildman–Crippen LogP) is 5.28. The zero-order chi connectivity index (χ0) is 26.5. The number of nitrogen functional groups attached to an aromatic ring is 1. The Hall–Kier alpha value is -4.34. The van der Waals surface area contributed by atoms with Crippen molar-refractivity contribution in [2.24, 2.45) is 11.8 Å². The summed E-state index contributed by atoms with van der Waals surface area (Å²) in [6, 6.07) is 24.8. The molecule has 2 heterocycles. The summed E-state index contributed by atoms with van der Waals surface area (Å²) in [6.07, 6.45) is 4.86. The number of nitrogens with two attached hydrogens (primary N) is 1. The second kappa shape index (κ2) is 14.3. The second-order valence-electron chi connectivity index (χ2n) is 8.31. The molecule has 0 aliphatic heterocycles. The average molecular weight is 515 g/mol. The molecule has 0 saturated carbocycles. The van der Waals surface area contributed by atoms with Gasteiger partial charge in [-0.25, -0.2) is 5.84 Å². The second-order valence-corrected chi connectivity index (χ2v) is 8.72. The molecule has 2 aromatic heterocycles. The molecular formula is C28H30N6O2S. The molecule has 37 heavy (non-hydrogen) atoms. The number of rotatable bonds is 7. The third kappa shape index (κ3) is 9.32. The summed E-state index contributed by atoms with van der Waals surface area (Å²) >= 11 is 5.40. The van der Waals surface area contributed by atoms with Crippen molar-refractivity contribution in [3.8, 4) is 17.0 Å².